The predicted octanol–water partition coefficient (Wildman–Crippen LogP) is 2.83. The summed E-state index contributed by atoms with van der Waals surface area (Å²) >= 11 is 1.68. The number of carbonyl (C=O) groups is 1. The first-order valence-electron chi connectivity index (χ1n) is 6.94. The fraction of sp³-hybridized carbons (Fsp3) is 0.375. The van der Waals surface area contributed by atoms with Gasteiger partial charge in [-0.3, -0.25) is 4.79 Å². The Morgan fingerprint density at radius 3 is 2.81 bits per heavy atom. The number of fused-ring (bicyclic) bond motifs is 1. The zero-order valence-corrected chi connectivity index (χ0v) is 13.3. The van der Waals surface area contributed by atoms with E-state index < -0.39 is 0 Å². The van der Waals surface area contributed by atoms with Crippen LogP contribution in [0.4, 0.5) is 0 Å². The summed E-state index contributed by atoms with van der Waals surface area (Å²) in [5.41, 5.74) is 4.57. The maximum absolute atomic E-state index is 11.1. The first kappa shape index (κ1) is 14.1. The van der Waals surface area contributed by atoms with Crippen LogP contribution in [0, 0.1) is 25.2 Å². The summed E-state index contributed by atoms with van der Waals surface area (Å²) in [5, 5.41) is 10.6. The van der Waals surface area contributed by atoms with Gasteiger partial charge in [0, 0.05) is 34.9 Å². The fourth-order valence-corrected chi connectivity index (χ4v) is 4.50. The number of aromatic nitrogens is 1. The average Bonchev–Trinajstić information content (AvgIpc) is 2.94. The van der Waals surface area contributed by atoms with Crippen molar-refractivity contribution in [1.29, 1.82) is 5.26 Å². The number of likely N-dealkylation sites (N-methyl/N-ethyl adjacent to an activating group) is 1. The van der Waals surface area contributed by atoms with Gasteiger partial charge in [-0.1, -0.05) is 0 Å². The van der Waals surface area contributed by atoms with E-state index in [0.29, 0.717) is 5.56 Å². The van der Waals surface area contributed by atoms with Crippen molar-refractivity contribution in [3.8, 4) is 11.1 Å². The van der Waals surface area contributed by atoms with Crippen LogP contribution in [-0.4, -0.2) is 29.3 Å². The number of thiophene rings is 1. The topological polar surface area (TPSA) is 49.0 Å². The van der Waals surface area contributed by atoms with Crippen LogP contribution < -0.4 is 0 Å². The van der Waals surface area contributed by atoms with E-state index in [0.717, 1.165) is 47.7 Å². The standard InChI is InChI=1S/C16H17N3OS/c1-10-6-12(9-20)11(2)19(10)16-14(7-17)13-4-5-18(3)8-15(13)21-16/h6,9H,4-5,8H2,1-3H3. The van der Waals surface area contributed by atoms with Crippen molar-refractivity contribution < 1.29 is 4.79 Å². The van der Waals surface area contributed by atoms with Crippen LogP contribution in [0.5, 0.6) is 0 Å². The average molecular weight is 299 g/mol. The first-order valence-corrected chi connectivity index (χ1v) is 7.76. The van der Waals surface area contributed by atoms with Crippen molar-refractivity contribution in [2.24, 2.45) is 0 Å². The molecular weight excluding hydrogens is 282 g/mol. The Labute approximate surface area is 128 Å². The molecule has 4 nitrogen and oxygen atoms in total. The second-order valence-corrected chi connectivity index (χ2v) is 6.65. The molecule has 0 unspecified atom stereocenters. The van der Waals surface area contributed by atoms with E-state index >= 15 is 0 Å². The molecule has 3 rings (SSSR count). The van der Waals surface area contributed by atoms with Crippen molar-refractivity contribution in [2.75, 3.05) is 13.6 Å². The van der Waals surface area contributed by atoms with Crippen LogP contribution in [0.25, 0.3) is 5.00 Å². The molecule has 0 N–H and O–H groups in total. The van der Waals surface area contributed by atoms with Crippen molar-refractivity contribution in [2.45, 2.75) is 26.8 Å². The van der Waals surface area contributed by atoms with Crippen LogP contribution >= 0.6 is 11.3 Å². The summed E-state index contributed by atoms with van der Waals surface area (Å²) in [6, 6.07) is 4.26. The molecule has 0 bridgehead atoms. The van der Waals surface area contributed by atoms with Crippen molar-refractivity contribution in [1.82, 2.24) is 9.47 Å². The third-order valence-electron chi connectivity index (χ3n) is 4.14. The Bertz CT molecular complexity index is 764. The molecule has 1 aliphatic rings. The van der Waals surface area contributed by atoms with Gasteiger partial charge in [-0.25, -0.2) is 0 Å². The molecule has 2 aromatic rings. The molecule has 0 radical (unpaired) electrons. The Hall–Kier alpha value is -1.90. The number of carbonyl (C=O) groups excluding carboxylic acids is 1. The Morgan fingerprint density at radius 2 is 2.19 bits per heavy atom. The lowest BCUT2D eigenvalue weighted by Crippen LogP contribution is -2.25. The van der Waals surface area contributed by atoms with E-state index in [9.17, 15) is 10.1 Å². The minimum atomic E-state index is 0.694. The van der Waals surface area contributed by atoms with E-state index in [1.54, 1.807) is 11.3 Å². The van der Waals surface area contributed by atoms with Crippen LogP contribution in [-0.2, 0) is 13.0 Å². The van der Waals surface area contributed by atoms with E-state index in [4.69, 9.17) is 0 Å². The third kappa shape index (κ3) is 2.11. The fourth-order valence-electron chi connectivity index (χ4n) is 3.01. The van der Waals surface area contributed by atoms with Crippen LogP contribution in [0.2, 0.25) is 0 Å². The Kier molecular flexibility index (Phi) is 3.44. The number of rotatable bonds is 2. The van der Waals surface area contributed by atoms with E-state index in [2.05, 4.69) is 18.0 Å². The highest BCUT2D eigenvalue weighted by molar-refractivity contribution is 7.15. The summed E-state index contributed by atoms with van der Waals surface area (Å²) < 4.78 is 2.05. The van der Waals surface area contributed by atoms with Gasteiger partial charge in [-0.2, -0.15) is 5.26 Å². The van der Waals surface area contributed by atoms with Gasteiger partial charge in [-0.05, 0) is 38.9 Å². The van der Waals surface area contributed by atoms with E-state index in [1.165, 1.54) is 10.4 Å². The van der Waals surface area contributed by atoms with Crippen molar-refractivity contribution in [3.63, 3.8) is 0 Å². The second-order valence-electron chi connectivity index (χ2n) is 5.56. The molecule has 0 saturated heterocycles. The van der Waals surface area contributed by atoms with E-state index in [-0.39, 0.29) is 0 Å². The zero-order chi connectivity index (χ0) is 15.1. The van der Waals surface area contributed by atoms with Gasteiger partial charge in [0.15, 0.2) is 6.29 Å². The molecule has 21 heavy (non-hydrogen) atoms. The molecular formula is C16H17N3OS. The molecule has 0 fully saturated rings. The first-order chi connectivity index (χ1) is 10.1. The maximum Gasteiger partial charge on any atom is 0.151 e. The van der Waals surface area contributed by atoms with Crippen molar-refractivity contribution in [3.05, 3.63) is 39.0 Å². The van der Waals surface area contributed by atoms with Crippen LogP contribution in [0.1, 0.15) is 37.7 Å². The van der Waals surface area contributed by atoms with Gasteiger partial charge in [0.25, 0.3) is 0 Å². The highest BCUT2D eigenvalue weighted by Crippen LogP contribution is 2.36. The van der Waals surface area contributed by atoms with Crippen LogP contribution in [0.15, 0.2) is 6.07 Å². The lowest BCUT2D eigenvalue weighted by molar-refractivity contribution is 0.112. The summed E-state index contributed by atoms with van der Waals surface area (Å²) in [7, 11) is 2.10. The number of nitrogens with zero attached hydrogens (tertiary/aromatic N) is 3. The second kappa shape index (κ2) is 5.14. The highest BCUT2D eigenvalue weighted by Gasteiger charge is 2.25. The normalized spacial score (nSPS) is 14.8. The van der Waals surface area contributed by atoms with Crippen molar-refractivity contribution >= 4 is 17.6 Å². The van der Waals surface area contributed by atoms with Gasteiger partial charge < -0.3 is 9.47 Å². The molecule has 0 amide bonds. The molecule has 0 aliphatic carbocycles. The number of aldehydes is 1. The molecule has 108 valence electrons. The van der Waals surface area contributed by atoms with Gasteiger partial charge in [0.1, 0.15) is 11.1 Å². The lowest BCUT2D eigenvalue weighted by Gasteiger charge is -2.21. The highest BCUT2D eigenvalue weighted by atomic mass is 32.1. The number of hydrogen-bond donors (Lipinski definition) is 0. The van der Waals surface area contributed by atoms with Gasteiger partial charge in [0.2, 0.25) is 0 Å². The molecule has 5 heteroatoms. The zero-order valence-electron chi connectivity index (χ0n) is 12.4. The summed E-state index contributed by atoms with van der Waals surface area (Å²) in [6.07, 6.45) is 1.80. The molecule has 3 heterocycles. The molecule has 1 aliphatic heterocycles. The van der Waals surface area contributed by atoms with Gasteiger partial charge in [-0.15, -0.1) is 11.3 Å². The smallest absolute Gasteiger partial charge is 0.151 e. The number of nitriles is 1. The summed E-state index contributed by atoms with van der Waals surface area (Å²) in [6.45, 7) is 5.80. The summed E-state index contributed by atoms with van der Waals surface area (Å²) in [4.78, 5) is 14.7. The molecule has 0 aromatic carbocycles. The summed E-state index contributed by atoms with van der Waals surface area (Å²) in [5.74, 6) is 0. The Balaban J connectivity index is 2.23. The molecule has 0 atom stereocenters. The lowest BCUT2D eigenvalue weighted by atomic mass is 10.0. The SMILES string of the molecule is Cc1cc(C=O)c(C)n1-c1sc2c(c1C#N)CCN(C)C2. The molecule has 2 aromatic heterocycles. The third-order valence-corrected chi connectivity index (χ3v) is 5.34. The monoisotopic (exact) mass is 299 g/mol. The predicted molar refractivity (Wildman–Crippen MR) is 83.3 cm³/mol. The van der Waals surface area contributed by atoms with Crippen LogP contribution in [0.3, 0.4) is 0 Å². The molecule has 0 saturated carbocycles. The number of hydrogen-bond acceptors (Lipinski definition) is 4. The van der Waals surface area contributed by atoms with E-state index in [1.807, 2.05) is 24.5 Å². The minimum Gasteiger partial charge on any atom is -0.308 e. The molecule has 0 spiro atoms. The largest absolute Gasteiger partial charge is 0.308 e. The quantitative estimate of drug-likeness (QED) is 0.801. The van der Waals surface area contributed by atoms with Gasteiger partial charge in [0.05, 0.1) is 5.56 Å². The maximum atomic E-state index is 11.1. The Morgan fingerprint density at radius 1 is 1.43 bits per heavy atom. The van der Waals surface area contributed by atoms with Gasteiger partial charge >= 0.3 is 0 Å². The number of aryl methyl sites for hydroxylation is 1. The minimum absolute atomic E-state index is 0.694.